The first kappa shape index (κ1) is 28.8. The van der Waals surface area contributed by atoms with Crippen LogP contribution in [-0.2, 0) is 33.3 Å². The molecule has 0 aromatic rings. The minimum absolute atomic E-state index is 0.0193. The maximum absolute atomic E-state index is 14.2. The third-order valence-electron chi connectivity index (χ3n) is 11.5. The van der Waals surface area contributed by atoms with E-state index in [1.54, 1.807) is 28.4 Å². The van der Waals surface area contributed by atoms with Crippen LogP contribution < -0.4 is 10.6 Å². The Bertz CT molecular complexity index is 910. The lowest BCUT2D eigenvalue weighted by Crippen LogP contribution is -2.99. The summed E-state index contributed by atoms with van der Waals surface area (Å²) < 4.78 is 29.1. The van der Waals surface area contributed by atoms with Crippen molar-refractivity contribution < 1.29 is 38.6 Å². The topological polar surface area (TPSA) is 112 Å². The molecule has 40 heavy (non-hydrogen) atoms. The number of nitrogens with two attached hydrogens (primary N) is 1. The molecule has 0 bridgehead atoms. The van der Waals surface area contributed by atoms with Crippen molar-refractivity contribution in [2.24, 2.45) is 23.7 Å². The lowest BCUT2D eigenvalue weighted by atomic mass is 9.64. The zero-order valence-electron chi connectivity index (χ0n) is 24.7. The molecular formula is C30H50N3O7+. The van der Waals surface area contributed by atoms with E-state index in [2.05, 4.69) is 15.5 Å². The summed E-state index contributed by atoms with van der Waals surface area (Å²) in [6.07, 6.45) is 8.42. The molecule has 0 spiro atoms. The molecule has 10 heteroatoms. The maximum atomic E-state index is 14.2. The highest BCUT2D eigenvalue weighted by Gasteiger charge is 2.66. The highest BCUT2D eigenvalue weighted by molar-refractivity contribution is 5.82. The smallest absolute Gasteiger partial charge is 0.246 e. The number of nitrogens with one attached hydrogen (secondary N) is 1. The Morgan fingerprint density at radius 1 is 0.850 bits per heavy atom. The van der Waals surface area contributed by atoms with Gasteiger partial charge in [-0.2, -0.15) is 0 Å². The molecule has 6 aliphatic rings. The normalized spacial score (nSPS) is 46.4. The molecule has 0 radical (unpaired) electrons. The van der Waals surface area contributed by atoms with Crippen LogP contribution in [0.5, 0.6) is 0 Å². The van der Waals surface area contributed by atoms with E-state index in [9.17, 15) is 9.59 Å². The summed E-state index contributed by atoms with van der Waals surface area (Å²) >= 11 is 0. The molecule has 3 saturated carbocycles. The summed E-state index contributed by atoms with van der Waals surface area (Å²) in [5.41, 5.74) is 0. The van der Waals surface area contributed by atoms with Crippen LogP contribution in [0.3, 0.4) is 0 Å². The number of nitrogens with zero attached hydrogens (tertiary/aromatic N) is 1. The molecule has 226 valence electrons. The zero-order chi connectivity index (χ0) is 28.0. The third-order valence-corrected chi connectivity index (χ3v) is 11.5. The Labute approximate surface area is 238 Å². The van der Waals surface area contributed by atoms with Crippen molar-refractivity contribution >= 4 is 11.8 Å². The first-order valence-electron chi connectivity index (χ1n) is 15.6. The molecule has 0 aromatic heterocycles. The average Bonchev–Trinajstić information content (AvgIpc) is 3.32. The monoisotopic (exact) mass is 564 g/mol. The molecule has 3 saturated heterocycles. The van der Waals surface area contributed by atoms with E-state index in [1.807, 2.05) is 0 Å². The van der Waals surface area contributed by atoms with Gasteiger partial charge in [0.25, 0.3) is 0 Å². The molecule has 3 aliphatic heterocycles. The number of hydrogen-bond donors (Lipinski definition) is 2. The number of carbonyl (C=O) groups excluding carboxylic acids is 2. The Hall–Kier alpha value is -1.30. The van der Waals surface area contributed by atoms with Crippen LogP contribution in [0.25, 0.3) is 0 Å². The third kappa shape index (κ3) is 5.11. The van der Waals surface area contributed by atoms with Crippen molar-refractivity contribution in [3.63, 3.8) is 0 Å². The fraction of sp³-hybridized carbons (Fsp3) is 0.933. The Morgan fingerprint density at radius 2 is 1.62 bits per heavy atom. The van der Waals surface area contributed by atoms with Gasteiger partial charge in [0.2, 0.25) is 11.8 Å². The SMILES string of the molecule is COC1CC(NC(=O)COC2CCC3C(C2)C2CC[NH2+]C4C5CCC(OC)C(OC)C5C(=O)N3C24)CC(OC)C1. The highest BCUT2D eigenvalue weighted by Crippen LogP contribution is 2.53. The number of piperidine rings is 2. The molecule has 10 nitrogen and oxygen atoms in total. The van der Waals surface area contributed by atoms with E-state index in [4.69, 9.17) is 23.7 Å². The van der Waals surface area contributed by atoms with Gasteiger partial charge in [-0.3, -0.25) is 9.59 Å². The van der Waals surface area contributed by atoms with Gasteiger partial charge in [-0.05, 0) is 63.2 Å². The van der Waals surface area contributed by atoms with Gasteiger partial charge in [0.1, 0.15) is 12.6 Å². The van der Waals surface area contributed by atoms with Crippen LogP contribution in [0.2, 0.25) is 0 Å². The summed E-state index contributed by atoms with van der Waals surface area (Å²) in [4.78, 5) is 29.4. The van der Waals surface area contributed by atoms with Crippen LogP contribution in [0.4, 0.5) is 0 Å². The average molecular weight is 565 g/mol. The van der Waals surface area contributed by atoms with Gasteiger partial charge in [0, 0.05) is 52.9 Å². The van der Waals surface area contributed by atoms with E-state index in [1.165, 1.54) is 0 Å². The van der Waals surface area contributed by atoms with Crippen molar-refractivity contribution in [3.05, 3.63) is 0 Å². The lowest BCUT2D eigenvalue weighted by Gasteiger charge is -2.53. The zero-order valence-corrected chi connectivity index (χ0v) is 24.7. The van der Waals surface area contributed by atoms with Gasteiger partial charge in [-0.25, -0.2) is 0 Å². The first-order valence-corrected chi connectivity index (χ1v) is 15.6. The van der Waals surface area contributed by atoms with Gasteiger partial charge in [-0.1, -0.05) is 0 Å². The minimum Gasteiger partial charge on any atom is -0.381 e. The molecule has 12 unspecified atom stereocenters. The molecule has 3 N–H and O–H groups in total. The summed E-state index contributed by atoms with van der Waals surface area (Å²) in [6.45, 7) is 1.20. The number of hydrogen-bond acceptors (Lipinski definition) is 7. The Morgan fingerprint density at radius 3 is 2.33 bits per heavy atom. The molecule has 12 atom stereocenters. The number of methoxy groups -OCH3 is 4. The number of carbonyl (C=O) groups is 2. The van der Waals surface area contributed by atoms with E-state index in [-0.39, 0.29) is 61.0 Å². The van der Waals surface area contributed by atoms with Gasteiger partial charge in [-0.15, -0.1) is 0 Å². The number of rotatable bonds is 8. The number of fused-ring (bicyclic) bond motifs is 5. The van der Waals surface area contributed by atoms with Crippen LogP contribution in [0.15, 0.2) is 0 Å². The van der Waals surface area contributed by atoms with E-state index < -0.39 is 0 Å². The van der Waals surface area contributed by atoms with Crippen molar-refractivity contribution in [2.45, 2.75) is 112 Å². The molecule has 6 fully saturated rings. The number of amides is 2. The summed E-state index contributed by atoms with van der Waals surface area (Å²) in [7, 11) is 6.91. The van der Waals surface area contributed by atoms with Crippen LogP contribution >= 0.6 is 0 Å². The fourth-order valence-corrected chi connectivity index (χ4v) is 9.84. The second kappa shape index (κ2) is 12.1. The van der Waals surface area contributed by atoms with Crippen molar-refractivity contribution in [1.82, 2.24) is 10.2 Å². The van der Waals surface area contributed by atoms with Crippen LogP contribution in [0, 0.1) is 23.7 Å². The summed E-state index contributed by atoms with van der Waals surface area (Å²) in [5.74, 6) is 1.42. The Kier molecular flexibility index (Phi) is 8.73. The van der Waals surface area contributed by atoms with Gasteiger partial charge in [0.05, 0.1) is 49.0 Å². The molecule has 3 heterocycles. The fourth-order valence-electron chi connectivity index (χ4n) is 9.84. The molecule has 0 aromatic carbocycles. The molecule has 2 amide bonds. The first-order chi connectivity index (χ1) is 19.5. The standard InChI is InChI=1S/C30H49N3O7/c1-36-18-11-16(12-19(13-18)37-2)32-25(34)15-40-17-5-7-23-22(14-17)20-9-10-31-27-21-6-8-24(38-3)29(39-4)26(21)30(35)33(23)28(20)27/h16-24,26-29,31H,5-15H2,1-4H3,(H,32,34)/p+1. The van der Waals surface area contributed by atoms with Crippen molar-refractivity contribution in [1.29, 1.82) is 0 Å². The van der Waals surface area contributed by atoms with Gasteiger partial charge < -0.3 is 39.2 Å². The minimum atomic E-state index is -0.175. The summed E-state index contributed by atoms with van der Waals surface area (Å²) in [6, 6.07) is 1.06. The molecule has 6 rings (SSSR count). The van der Waals surface area contributed by atoms with Gasteiger partial charge >= 0.3 is 0 Å². The predicted molar refractivity (Wildman–Crippen MR) is 145 cm³/mol. The quantitative estimate of drug-likeness (QED) is 0.441. The van der Waals surface area contributed by atoms with E-state index in [0.717, 1.165) is 64.3 Å². The molecule has 3 aliphatic carbocycles. The van der Waals surface area contributed by atoms with E-state index in [0.29, 0.717) is 35.7 Å². The van der Waals surface area contributed by atoms with E-state index >= 15 is 0 Å². The lowest BCUT2D eigenvalue weighted by molar-refractivity contribution is -0.713. The van der Waals surface area contributed by atoms with Crippen LogP contribution in [-0.4, -0.2) is 113 Å². The predicted octanol–water partition coefficient (Wildman–Crippen LogP) is 0.472. The highest BCUT2D eigenvalue weighted by atomic mass is 16.5. The number of ether oxygens (including phenoxy) is 5. The maximum Gasteiger partial charge on any atom is 0.246 e. The Balaban J connectivity index is 1.09. The van der Waals surface area contributed by atoms with Crippen molar-refractivity contribution in [2.75, 3.05) is 41.6 Å². The van der Waals surface area contributed by atoms with Crippen LogP contribution in [0.1, 0.15) is 57.8 Å². The van der Waals surface area contributed by atoms with Gasteiger partial charge in [0.15, 0.2) is 0 Å². The second-order valence-corrected chi connectivity index (χ2v) is 13.2. The summed E-state index contributed by atoms with van der Waals surface area (Å²) in [5, 5.41) is 5.69. The number of quaternary nitrogens is 1. The van der Waals surface area contributed by atoms with Crippen molar-refractivity contribution in [3.8, 4) is 0 Å². The second-order valence-electron chi connectivity index (χ2n) is 13.2. The largest absolute Gasteiger partial charge is 0.381 e. The molecular weight excluding hydrogens is 514 g/mol.